The Labute approximate surface area is 101 Å². The first kappa shape index (κ1) is 11.8. The Morgan fingerprint density at radius 3 is 2.65 bits per heavy atom. The van der Waals surface area contributed by atoms with Gasteiger partial charge >= 0.3 is 0 Å². The Bertz CT molecular complexity index is 436. The smallest absolute Gasteiger partial charge is 0.0645 e. The molecule has 0 unspecified atom stereocenters. The minimum atomic E-state index is 0.196. The fraction of sp³-hybridized carbons (Fsp3) is 0.308. The molecule has 0 aliphatic carbocycles. The highest BCUT2D eigenvalue weighted by Gasteiger charge is 2.00. The van der Waals surface area contributed by atoms with Crippen LogP contribution < -0.4 is 0 Å². The van der Waals surface area contributed by atoms with Crippen LogP contribution >= 0.6 is 0 Å². The first-order valence-electron chi connectivity index (χ1n) is 5.68. The lowest BCUT2D eigenvalue weighted by Gasteiger charge is -2.15. The lowest BCUT2D eigenvalue weighted by molar-refractivity contribution is 0.217. The third-order valence-electron chi connectivity index (χ3n) is 2.64. The summed E-state index contributed by atoms with van der Waals surface area (Å²) in [6.07, 6.45) is 3.69. The van der Waals surface area contributed by atoms with Gasteiger partial charge in [0.1, 0.15) is 0 Å². The van der Waals surface area contributed by atoms with Crippen molar-refractivity contribution in [1.29, 1.82) is 0 Å². The summed E-state index contributed by atoms with van der Waals surface area (Å²) in [5.74, 6) is 0. The van der Waals surface area contributed by atoms with Crippen molar-refractivity contribution in [3.05, 3.63) is 48.3 Å². The van der Waals surface area contributed by atoms with Gasteiger partial charge in [-0.25, -0.2) is 4.68 Å². The van der Waals surface area contributed by atoms with Crippen molar-refractivity contribution in [2.75, 3.05) is 20.2 Å². The highest BCUT2D eigenvalue weighted by Crippen LogP contribution is 2.09. The Kier molecular flexibility index (Phi) is 3.90. The molecule has 0 spiro atoms. The van der Waals surface area contributed by atoms with Gasteiger partial charge in [0, 0.05) is 25.5 Å². The molecule has 1 aromatic heterocycles. The van der Waals surface area contributed by atoms with E-state index in [9.17, 15) is 0 Å². The number of rotatable bonds is 5. The van der Waals surface area contributed by atoms with Gasteiger partial charge in [0.05, 0.1) is 12.3 Å². The second kappa shape index (κ2) is 5.61. The van der Waals surface area contributed by atoms with Crippen molar-refractivity contribution in [3.63, 3.8) is 0 Å². The van der Waals surface area contributed by atoms with Crippen LogP contribution in [-0.4, -0.2) is 40.0 Å². The molecule has 1 aromatic carbocycles. The number of benzene rings is 1. The molecule has 0 bridgehead atoms. The van der Waals surface area contributed by atoms with Gasteiger partial charge in [-0.1, -0.05) is 12.1 Å². The van der Waals surface area contributed by atoms with Gasteiger partial charge in [0.2, 0.25) is 0 Å². The number of aliphatic hydroxyl groups is 1. The normalized spacial score (nSPS) is 11.0. The van der Waals surface area contributed by atoms with Gasteiger partial charge in [-0.3, -0.25) is 4.90 Å². The van der Waals surface area contributed by atoms with E-state index < -0.39 is 0 Å². The molecular formula is C13H17N3O. The Hall–Kier alpha value is -1.65. The molecule has 0 atom stereocenters. The minimum absolute atomic E-state index is 0.196. The van der Waals surface area contributed by atoms with Gasteiger partial charge in [-0.15, -0.1) is 0 Å². The maximum atomic E-state index is 8.83. The Morgan fingerprint density at radius 2 is 2.06 bits per heavy atom. The van der Waals surface area contributed by atoms with Crippen LogP contribution in [0.3, 0.4) is 0 Å². The maximum Gasteiger partial charge on any atom is 0.0645 e. The molecule has 1 N–H and O–H groups in total. The van der Waals surface area contributed by atoms with Crippen molar-refractivity contribution in [2.24, 2.45) is 0 Å². The Morgan fingerprint density at radius 1 is 1.29 bits per heavy atom. The molecule has 4 nitrogen and oxygen atoms in total. The number of hydrogen-bond donors (Lipinski definition) is 1. The second-order valence-corrected chi connectivity index (χ2v) is 4.08. The fourth-order valence-corrected chi connectivity index (χ4v) is 1.74. The van der Waals surface area contributed by atoms with Gasteiger partial charge in [0.25, 0.3) is 0 Å². The van der Waals surface area contributed by atoms with E-state index in [1.165, 1.54) is 5.56 Å². The van der Waals surface area contributed by atoms with Crippen LogP contribution in [0.5, 0.6) is 0 Å². The molecule has 1 heterocycles. The van der Waals surface area contributed by atoms with E-state index in [1.807, 2.05) is 24.0 Å². The highest BCUT2D eigenvalue weighted by molar-refractivity contribution is 5.33. The molecule has 0 saturated carbocycles. The quantitative estimate of drug-likeness (QED) is 0.843. The summed E-state index contributed by atoms with van der Waals surface area (Å²) < 4.78 is 1.83. The van der Waals surface area contributed by atoms with Gasteiger partial charge < -0.3 is 5.11 Å². The van der Waals surface area contributed by atoms with Gasteiger partial charge in [-0.2, -0.15) is 5.10 Å². The molecule has 0 radical (unpaired) electrons. The average molecular weight is 231 g/mol. The summed E-state index contributed by atoms with van der Waals surface area (Å²) in [6, 6.07) is 10.2. The summed E-state index contributed by atoms with van der Waals surface area (Å²) in [6.45, 7) is 1.74. The van der Waals surface area contributed by atoms with E-state index in [0.29, 0.717) is 6.54 Å². The van der Waals surface area contributed by atoms with Crippen molar-refractivity contribution in [3.8, 4) is 5.69 Å². The molecule has 2 rings (SSSR count). The molecular weight excluding hydrogens is 214 g/mol. The molecule has 90 valence electrons. The van der Waals surface area contributed by atoms with Crippen molar-refractivity contribution in [2.45, 2.75) is 6.54 Å². The van der Waals surface area contributed by atoms with Crippen LogP contribution in [0.4, 0.5) is 0 Å². The monoisotopic (exact) mass is 231 g/mol. The summed E-state index contributed by atoms with van der Waals surface area (Å²) in [5.41, 5.74) is 2.29. The zero-order chi connectivity index (χ0) is 12.1. The number of nitrogens with zero attached hydrogens (tertiary/aromatic N) is 3. The van der Waals surface area contributed by atoms with Crippen molar-refractivity contribution < 1.29 is 5.11 Å². The third kappa shape index (κ3) is 3.15. The zero-order valence-corrected chi connectivity index (χ0v) is 9.95. The van der Waals surface area contributed by atoms with Crippen molar-refractivity contribution in [1.82, 2.24) is 14.7 Å². The van der Waals surface area contributed by atoms with Crippen LogP contribution in [0.2, 0.25) is 0 Å². The summed E-state index contributed by atoms with van der Waals surface area (Å²) in [4.78, 5) is 2.09. The molecule has 0 aliphatic rings. The average Bonchev–Trinajstić information content (AvgIpc) is 2.84. The molecule has 0 fully saturated rings. The van der Waals surface area contributed by atoms with Crippen molar-refractivity contribution >= 4 is 0 Å². The van der Waals surface area contributed by atoms with Crippen LogP contribution in [0.15, 0.2) is 42.7 Å². The SMILES string of the molecule is CN(CCO)Cc1ccc(-n2cccn2)cc1. The number of likely N-dealkylation sites (N-methyl/N-ethyl adjacent to an activating group) is 1. The number of aliphatic hydroxyl groups excluding tert-OH is 1. The predicted octanol–water partition coefficient (Wildman–Crippen LogP) is 1.30. The second-order valence-electron chi connectivity index (χ2n) is 4.08. The van der Waals surface area contributed by atoms with Crippen LogP contribution in [0.25, 0.3) is 5.69 Å². The van der Waals surface area contributed by atoms with E-state index in [2.05, 4.69) is 34.3 Å². The predicted molar refractivity (Wildman–Crippen MR) is 67.0 cm³/mol. The molecule has 4 heteroatoms. The maximum absolute atomic E-state index is 8.83. The van der Waals surface area contributed by atoms with E-state index >= 15 is 0 Å². The first-order valence-corrected chi connectivity index (χ1v) is 5.68. The number of aromatic nitrogens is 2. The topological polar surface area (TPSA) is 41.3 Å². The zero-order valence-electron chi connectivity index (χ0n) is 9.95. The lowest BCUT2D eigenvalue weighted by atomic mass is 10.2. The summed E-state index contributed by atoms with van der Waals surface area (Å²) >= 11 is 0. The Balaban J connectivity index is 2.03. The van der Waals surface area contributed by atoms with Crippen LogP contribution in [-0.2, 0) is 6.54 Å². The minimum Gasteiger partial charge on any atom is -0.395 e. The number of hydrogen-bond acceptors (Lipinski definition) is 3. The molecule has 0 aliphatic heterocycles. The molecule has 17 heavy (non-hydrogen) atoms. The third-order valence-corrected chi connectivity index (χ3v) is 2.64. The van der Waals surface area contributed by atoms with Gasteiger partial charge in [0.15, 0.2) is 0 Å². The molecule has 0 saturated heterocycles. The summed E-state index contributed by atoms with van der Waals surface area (Å²) in [7, 11) is 2.00. The lowest BCUT2D eigenvalue weighted by Crippen LogP contribution is -2.21. The van der Waals surface area contributed by atoms with E-state index in [0.717, 1.165) is 12.2 Å². The first-order chi connectivity index (χ1) is 8.29. The van der Waals surface area contributed by atoms with Crippen LogP contribution in [0, 0.1) is 0 Å². The van der Waals surface area contributed by atoms with E-state index in [1.54, 1.807) is 6.20 Å². The fourth-order valence-electron chi connectivity index (χ4n) is 1.74. The van der Waals surface area contributed by atoms with Gasteiger partial charge in [-0.05, 0) is 30.8 Å². The van der Waals surface area contributed by atoms with E-state index in [-0.39, 0.29) is 6.61 Å². The van der Waals surface area contributed by atoms with E-state index in [4.69, 9.17) is 5.11 Å². The molecule has 2 aromatic rings. The highest BCUT2D eigenvalue weighted by atomic mass is 16.3. The largest absolute Gasteiger partial charge is 0.395 e. The molecule has 0 amide bonds. The summed E-state index contributed by atoms with van der Waals surface area (Å²) in [5, 5.41) is 13.0. The van der Waals surface area contributed by atoms with Crippen LogP contribution in [0.1, 0.15) is 5.56 Å². The standard InChI is InChI=1S/C13H17N3O/c1-15(9-10-17)11-12-3-5-13(6-4-12)16-8-2-7-14-16/h2-8,17H,9-11H2,1H3.